The summed E-state index contributed by atoms with van der Waals surface area (Å²) in [7, 11) is 1.73. The molecule has 3 N–H and O–H groups in total. The summed E-state index contributed by atoms with van der Waals surface area (Å²) in [6, 6.07) is 26.6. The minimum Gasteiger partial charge on any atom is -0.491 e. The Morgan fingerprint density at radius 2 is 1.71 bits per heavy atom. The summed E-state index contributed by atoms with van der Waals surface area (Å²) in [4.78, 5) is 57.2. The Morgan fingerprint density at radius 3 is 2.54 bits per heavy atom. The van der Waals surface area contributed by atoms with Crippen LogP contribution in [0, 0.1) is 6.92 Å². The third-order valence-corrected chi connectivity index (χ3v) is 8.98. The van der Waals surface area contributed by atoms with Crippen LogP contribution < -0.4 is 20.7 Å². The standard InChI is InChI=1S/C38H41N5O5/c1-25-8-5-12-30(18-25)39-38(47)40-31-22-32-24-48-33-13-6-11-29(21-33)36(45)42(2)17-7-14-34(37(46)43(32)23-31)41-35(44)20-26-15-16-27-9-3-4-10-28(27)19-26/h3-6,8-13,15-16,18-19,21,31-32,34H,7,14,17,20,22-24H2,1-2H3,(H,41,44)(H2,39,40,47)/t31-,32-,34-/m0/s1. The minimum absolute atomic E-state index is 0.123. The fourth-order valence-corrected chi connectivity index (χ4v) is 6.53. The van der Waals surface area contributed by atoms with Gasteiger partial charge in [-0.2, -0.15) is 0 Å². The Hall–Kier alpha value is -5.38. The van der Waals surface area contributed by atoms with Gasteiger partial charge in [0.1, 0.15) is 18.4 Å². The molecule has 2 heterocycles. The van der Waals surface area contributed by atoms with E-state index < -0.39 is 6.04 Å². The van der Waals surface area contributed by atoms with Crippen molar-refractivity contribution in [3.8, 4) is 5.75 Å². The summed E-state index contributed by atoms with van der Waals surface area (Å²) in [5.74, 6) is -0.123. The first kappa shape index (κ1) is 32.6. The van der Waals surface area contributed by atoms with E-state index in [1.54, 1.807) is 41.1 Å². The molecule has 10 heteroatoms. The highest BCUT2D eigenvalue weighted by molar-refractivity contribution is 5.94. The summed E-state index contributed by atoms with van der Waals surface area (Å²) in [5, 5.41) is 11.0. The summed E-state index contributed by atoms with van der Waals surface area (Å²) >= 11 is 0. The number of fused-ring (bicyclic) bond motifs is 4. The van der Waals surface area contributed by atoms with Crippen molar-refractivity contribution >= 4 is 40.2 Å². The molecule has 2 aliphatic rings. The molecule has 0 spiro atoms. The zero-order valence-corrected chi connectivity index (χ0v) is 27.3. The summed E-state index contributed by atoms with van der Waals surface area (Å²) < 4.78 is 6.15. The number of ether oxygens (including phenoxy) is 1. The number of hydrogen-bond donors (Lipinski definition) is 3. The van der Waals surface area contributed by atoms with Crippen molar-refractivity contribution < 1.29 is 23.9 Å². The smallest absolute Gasteiger partial charge is 0.319 e. The zero-order chi connectivity index (χ0) is 33.6. The normalized spacial score (nSPS) is 20.0. The van der Waals surface area contributed by atoms with Crippen molar-refractivity contribution in [2.45, 2.75) is 50.7 Å². The van der Waals surface area contributed by atoms with E-state index in [9.17, 15) is 19.2 Å². The number of amides is 5. The molecule has 48 heavy (non-hydrogen) atoms. The molecule has 4 aromatic rings. The maximum absolute atomic E-state index is 14.3. The van der Waals surface area contributed by atoms with Crippen molar-refractivity contribution in [1.29, 1.82) is 0 Å². The van der Waals surface area contributed by atoms with Crippen LogP contribution in [0.1, 0.15) is 40.7 Å². The lowest BCUT2D eigenvalue weighted by Crippen LogP contribution is -2.52. The van der Waals surface area contributed by atoms with Gasteiger partial charge in [-0.3, -0.25) is 14.4 Å². The molecule has 0 aliphatic carbocycles. The van der Waals surface area contributed by atoms with Gasteiger partial charge in [0.15, 0.2) is 0 Å². The van der Waals surface area contributed by atoms with E-state index in [4.69, 9.17) is 4.74 Å². The van der Waals surface area contributed by atoms with Crippen molar-refractivity contribution in [3.05, 3.63) is 108 Å². The highest BCUT2D eigenvalue weighted by Crippen LogP contribution is 2.24. The lowest BCUT2D eigenvalue weighted by Gasteiger charge is -2.30. The van der Waals surface area contributed by atoms with Crippen LogP contribution in [0.25, 0.3) is 10.8 Å². The number of carbonyl (C=O) groups is 4. The molecule has 1 fully saturated rings. The number of aryl methyl sites for hydroxylation is 1. The second kappa shape index (κ2) is 14.6. The highest BCUT2D eigenvalue weighted by atomic mass is 16.5. The van der Waals surface area contributed by atoms with Crippen LogP contribution in [-0.2, 0) is 16.0 Å². The van der Waals surface area contributed by atoms with Gasteiger partial charge in [-0.25, -0.2) is 4.79 Å². The number of urea groups is 1. The molecule has 248 valence electrons. The molecule has 10 nitrogen and oxygen atoms in total. The molecule has 4 aromatic carbocycles. The molecule has 0 unspecified atom stereocenters. The number of anilines is 1. The summed E-state index contributed by atoms with van der Waals surface area (Å²) in [6.07, 6.45) is 1.43. The van der Waals surface area contributed by atoms with Gasteiger partial charge in [-0.15, -0.1) is 0 Å². The topological polar surface area (TPSA) is 120 Å². The van der Waals surface area contributed by atoms with Crippen LogP contribution in [0.3, 0.4) is 0 Å². The van der Waals surface area contributed by atoms with Crippen LogP contribution >= 0.6 is 0 Å². The van der Waals surface area contributed by atoms with Gasteiger partial charge in [-0.1, -0.05) is 60.7 Å². The van der Waals surface area contributed by atoms with E-state index in [1.807, 2.05) is 73.7 Å². The molecule has 0 saturated carbocycles. The third-order valence-electron chi connectivity index (χ3n) is 8.98. The number of nitrogens with zero attached hydrogens (tertiary/aromatic N) is 2. The molecular formula is C38H41N5O5. The maximum atomic E-state index is 14.3. The van der Waals surface area contributed by atoms with Gasteiger partial charge in [0.05, 0.1) is 18.5 Å². The fourth-order valence-electron chi connectivity index (χ4n) is 6.53. The van der Waals surface area contributed by atoms with E-state index in [2.05, 4.69) is 16.0 Å². The number of nitrogens with one attached hydrogen (secondary N) is 3. The summed E-state index contributed by atoms with van der Waals surface area (Å²) in [5.41, 5.74) is 3.07. The van der Waals surface area contributed by atoms with E-state index in [-0.39, 0.29) is 55.4 Å². The van der Waals surface area contributed by atoms with Gasteiger partial charge >= 0.3 is 6.03 Å². The SMILES string of the molecule is Cc1cccc(NC(=O)N[C@H]2C[C@H]3COc4cccc(c4)C(=O)N(C)CCC[C@H](NC(=O)Cc4ccc5ccccc5c4)C(=O)N3C2)c1. The molecule has 2 bridgehead atoms. The number of benzene rings is 4. The fraction of sp³-hybridized carbons (Fsp3) is 0.316. The number of carbonyl (C=O) groups excluding carboxylic acids is 4. The van der Waals surface area contributed by atoms with Crippen molar-refractivity contribution in [2.75, 3.05) is 32.1 Å². The molecule has 5 amide bonds. The van der Waals surface area contributed by atoms with Gasteiger partial charge in [-0.05, 0) is 78.4 Å². The predicted octanol–water partition coefficient (Wildman–Crippen LogP) is 4.91. The first-order valence-electron chi connectivity index (χ1n) is 16.4. The molecule has 2 aliphatic heterocycles. The van der Waals surface area contributed by atoms with Gasteiger partial charge < -0.3 is 30.5 Å². The lowest BCUT2D eigenvalue weighted by atomic mass is 10.0. The molecule has 6 rings (SSSR count). The van der Waals surface area contributed by atoms with Crippen LogP contribution in [0.2, 0.25) is 0 Å². The molecule has 0 aromatic heterocycles. The van der Waals surface area contributed by atoms with E-state index >= 15 is 0 Å². The highest BCUT2D eigenvalue weighted by Gasteiger charge is 2.39. The first-order valence-corrected chi connectivity index (χ1v) is 16.4. The average molecular weight is 648 g/mol. The molecular weight excluding hydrogens is 606 g/mol. The van der Waals surface area contributed by atoms with E-state index in [1.165, 1.54) is 0 Å². The first-order chi connectivity index (χ1) is 23.2. The quantitative estimate of drug-likeness (QED) is 0.285. The molecule has 3 atom stereocenters. The Labute approximate surface area is 280 Å². The largest absolute Gasteiger partial charge is 0.491 e. The van der Waals surface area contributed by atoms with Gasteiger partial charge in [0.2, 0.25) is 11.8 Å². The average Bonchev–Trinajstić information content (AvgIpc) is 3.47. The van der Waals surface area contributed by atoms with Crippen LogP contribution in [0.5, 0.6) is 5.75 Å². The molecule has 1 saturated heterocycles. The Kier molecular flexibility index (Phi) is 9.89. The van der Waals surface area contributed by atoms with Crippen molar-refractivity contribution in [1.82, 2.24) is 20.4 Å². The number of hydrogen-bond acceptors (Lipinski definition) is 5. The minimum atomic E-state index is -0.815. The van der Waals surface area contributed by atoms with Crippen LogP contribution in [0.4, 0.5) is 10.5 Å². The van der Waals surface area contributed by atoms with E-state index in [0.29, 0.717) is 42.8 Å². The third kappa shape index (κ3) is 7.94. The monoisotopic (exact) mass is 647 g/mol. The van der Waals surface area contributed by atoms with Crippen LogP contribution in [0.15, 0.2) is 91.0 Å². The van der Waals surface area contributed by atoms with Gasteiger partial charge in [0.25, 0.3) is 5.91 Å². The van der Waals surface area contributed by atoms with E-state index in [0.717, 1.165) is 21.9 Å². The van der Waals surface area contributed by atoms with Crippen molar-refractivity contribution in [3.63, 3.8) is 0 Å². The second-order valence-electron chi connectivity index (χ2n) is 12.7. The van der Waals surface area contributed by atoms with Crippen molar-refractivity contribution in [2.24, 2.45) is 0 Å². The Bertz CT molecular complexity index is 1830. The Balaban J connectivity index is 1.21. The molecule has 0 radical (unpaired) electrons. The lowest BCUT2D eigenvalue weighted by molar-refractivity contribution is -0.137. The maximum Gasteiger partial charge on any atom is 0.319 e. The van der Waals surface area contributed by atoms with Crippen LogP contribution in [-0.4, -0.2) is 78.4 Å². The summed E-state index contributed by atoms with van der Waals surface area (Å²) in [6.45, 7) is 2.79. The predicted molar refractivity (Wildman–Crippen MR) is 185 cm³/mol. The van der Waals surface area contributed by atoms with Gasteiger partial charge in [0, 0.05) is 31.4 Å². The second-order valence-corrected chi connectivity index (χ2v) is 12.7. The Morgan fingerprint density at radius 1 is 0.896 bits per heavy atom. The number of rotatable bonds is 5. The zero-order valence-electron chi connectivity index (χ0n) is 27.3.